The molecule has 0 aliphatic carbocycles. The summed E-state index contributed by atoms with van der Waals surface area (Å²) in [7, 11) is -4.59. The van der Waals surface area contributed by atoms with Crippen LogP contribution in [0.1, 0.15) is 53.4 Å². The van der Waals surface area contributed by atoms with Crippen molar-refractivity contribution in [3.8, 4) is 11.5 Å². The fourth-order valence-electron chi connectivity index (χ4n) is 4.56. The Morgan fingerprint density at radius 3 is 1.56 bits per heavy atom. The number of rotatable bonds is 21. The molecule has 0 amide bonds. The Bertz CT molecular complexity index is 1700. The Morgan fingerprint density at radius 2 is 1.15 bits per heavy atom. The zero-order valence-electron chi connectivity index (χ0n) is 28.1. The summed E-state index contributed by atoms with van der Waals surface area (Å²) >= 11 is 0. The second-order valence-corrected chi connectivity index (χ2v) is 12.9. The smallest absolute Gasteiger partial charge is 0.333 e. The summed E-state index contributed by atoms with van der Waals surface area (Å²) < 4.78 is 69.6. The van der Waals surface area contributed by atoms with E-state index >= 15 is 0 Å². The first-order valence-electron chi connectivity index (χ1n) is 16.0. The van der Waals surface area contributed by atoms with Crippen LogP contribution in [0, 0.1) is 0 Å². The molecule has 262 valence electrons. The average molecular weight is 687 g/mol. The van der Waals surface area contributed by atoms with Gasteiger partial charge < -0.3 is 28.4 Å². The van der Waals surface area contributed by atoms with Gasteiger partial charge in [-0.2, -0.15) is 8.42 Å². The first-order valence-corrected chi connectivity index (χ1v) is 17.4. The molecule has 0 radical (unpaired) electrons. The molecule has 0 saturated carbocycles. The van der Waals surface area contributed by atoms with Crippen LogP contribution < -0.4 is 9.47 Å². The van der Waals surface area contributed by atoms with Crippen molar-refractivity contribution in [2.24, 2.45) is 0 Å². The number of carbonyl (C=O) groups excluding carboxylic acids is 2. The van der Waals surface area contributed by atoms with E-state index in [1.54, 1.807) is 19.1 Å². The Balaban J connectivity index is 2.08. The molecule has 0 saturated heterocycles. The summed E-state index contributed by atoms with van der Waals surface area (Å²) in [6.45, 7) is 15.4. The van der Waals surface area contributed by atoms with Crippen molar-refractivity contribution < 1.29 is 51.0 Å². The lowest BCUT2D eigenvalue weighted by atomic mass is 10.0. The topological polar surface area (TPSA) is 144 Å². The molecule has 2 atom stereocenters. The normalized spacial score (nSPS) is 12.8. The van der Waals surface area contributed by atoms with Crippen molar-refractivity contribution in [1.29, 1.82) is 0 Å². The van der Waals surface area contributed by atoms with Gasteiger partial charge in [-0.25, -0.2) is 9.59 Å². The van der Waals surface area contributed by atoms with E-state index < -0.39 is 34.3 Å². The van der Waals surface area contributed by atoms with Gasteiger partial charge in [-0.15, -0.1) is 0 Å². The van der Waals surface area contributed by atoms with Crippen molar-refractivity contribution >= 4 is 43.6 Å². The third-order valence-electron chi connectivity index (χ3n) is 7.16. The molecule has 2 unspecified atom stereocenters. The van der Waals surface area contributed by atoms with Gasteiger partial charge in [0.2, 0.25) is 0 Å². The van der Waals surface area contributed by atoms with E-state index in [9.17, 15) is 22.6 Å². The Morgan fingerprint density at radius 1 is 0.708 bits per heavy atom. The van der Waals surface area contributed by atoms with Gasteiger partial charge in [0.05, 0.1) is 18.1 Å². The summed E-state index contributed by atoms with van der Waals surface area (Å²) in [5.74, 6) is -0.542. The molecule has 0 heterocycles. The lowest BCUT2D eigenvalue weighted by Gasteiger charge is -2.23. The molecule has 0 fully saturated rings. The zero-order valence-corrected chi connectivity index (χ0v) is 28.9. The maximum Gasteiger partial charge on any atom is 0.333 e. The standard InChI is InChI=1S/C36H46O11S/c1-7-9-17-42-20-26(46-35(37)24(3)4)22-44-33-29-13-11-12-14-30(29)34(32-19-28(48(39,40)41)15-16-31(32)33)45-23-27(21-43-18-10-8-2)47-36(38)25(5)6/h11-16,19,26-27H,3,5,7-10,17-18,20-23H2,1-2,4,6H3,(H,39,40,41). The molecule has 0 bridgehead atoms. The molecular formula is C36H46O11S. The van der Waals surface area contributed by atoms with E-state index in [1.165, 1.54) is 25.1 Å². The van der Waals surface area contributed by atoms with E-state index in [-0.39, 0.29) is 48.2 Å². The SMILES string of the molecule is C=C(C)C(=O)OC(COCCCC)COc1c2ccccc2c(OCC(COCCCC)OC(=O)C(=C)C)c2cc(S(=O)(=O)O)ccc12. The van der Waals surface area contributed by atoms with E-state index in [1.807, 2.05) is 26.0 Å². The Hall–Kier alpha value is -3.97. The van der Waals surface area contributed by atoms with Gasteiger partial charge in [0.1, 0.15) is 24.7 Å². The molecule has 0 aliphatic heterocycles. The van der Waals surface area contributed by atoms with E-state index in [4.69, 9.17) is 28.4 Å². The first kappa shape index (κ1) is 38.5. The summed E-state index contributed by atoms with van der Waals surface area (Å²) in [5.41, 5.74) is 0.443. The fourth-order valence-corrected chi connectivity index (χ4v) is 5.07. The fraction of sp³-hybridized carbons (Fsp3) is 0.444. The monoisotopic (exact) mass is 686 g/mol. The molecule has 1 N–H and O–H groups in total. The van der Waals surface area contributed by atoms with Crippen LogP contribution in [-0.4, -0.2) is 76.8 Å². The molecule has 3 aromatic carbocycles. The minimum absolute atomic E-state index is 0.0664. The number of benzene rings is 3. The van der Waals surface area contributed by atoms with Crippen LogP contribution in [0.3, 0.4) is 0 Å². The Kier molecular flexibility index (Phi) is 14.9. The summed E-state index contributed by atoms with van der Waals surface area (Å²) in [6.07, 6.45) is 1.95. The van der Waals surface area contributed by atoms with Crippen LogP contribution in [0.15, 0.2) is 71.7 Å². The van der Waals surface area contributed by atoms with Crippen LogP contribution in [0.2, 0.25) is 0 Å². The van der Waals surface area contributed by atoms with Crippen molar-refractivity contribution in [1.82, 2.24) is 0 Å². The van der Waals surface area contributed by atoms with Crippen LogP contribution in [0.5, 0.6) is 11.5 Å². The van der Waals surface area contributed by atoms with Gasteiger partial charge in [0.15, 0.2) is 12.2 Å². The van der Waals surface area contributed by atoms with Gasteiger partial charge in [-0.05, 0) is 44.9 Å². The third kappa shape index (κ3) is 11.0. The number of fused-ring (bicyclic) bond motifs is 2. The van der Waals surface area contributed by atoms with Crippen LogP contribution in [0.4, 0.5) is 0 Å². The average Bonchev–Trinajstić information content (AvgIpc) is 3.05. The first-order chi connectivity index (χ1) is 22.9. The maximum atomic E-state index is 12.4. The number of unbranched alkanes of at least 4 members (excludes halogenated alkanes) is 2. The highest BCUT2D eigenvalue weighted by Gasteiger charge is 2.24. The minimum Gasteiger partial charge on any atom is -0.488 e. The number of ether oxygens (including phenoxy) is 6. The van der Waals surface area contributed by atoms with E-state index in [2.05, 4.69) is 13.2 Å². The summed E-state index contributed by atoms with van der Waals surface area (Å²) in [4.78, 5) is 24.5. The van der Waals surface area contributed by atoms with E-state index in [0.29, 0.717) is 40.5 Å². The number of esters is 2. The van der Waals surface area contributed by atoms with Crippen LogP contribution in [-0.2, 0) is 38.7 Å². The quantitative estimate of drug-likeness (QED) is 0.0425. The largest absolute Gasteiger partial charge is 0.488 e. The molecule has 0 aromatic heterocycles. The molecule has 48 heavy (non-hydrogen) atoms. The number of hydrogen-bond donors (Lipinski definition) is 1. The van der Waals surface area contributed by atoms with Gasteiger partial charge in [0.25, 0.3) is 10.1 Å². The highest BCUT2D eigenvalue weighted by Crippen LogP contribution is 2.43. The van der Waals surface area contributed by atoms with Gasteiger partial charge in [0, 0.05) is 45.9 Å². The molecular weight excluding hydrogens is 640 g/mol. The predicted molar refractivity (Wildman–Crippen MR) is 183 cm³/mol. The highest BCUT2D eigenvalue weighted by molar-refractivity contribution is 7.85. The maximum absolute atomic E-state index is 12.4. The molecule has 0 aliphatic rings. The molecule has 3 aromatic rings. The highest BCUT2D eigenvalue weighted by atomic mass is 32.2. The van der Waals surface area contributed by atoms with Crippen molar-refractivity contribution in [3.63, 3.8) is 0 Å². The summed E-state index contributed by atoms with van der Waals surface area (Å²) in [6, 6.07) is 11.2. The second kappa shape index (κ2) is 18.5. The lowest BCUT2D eigenvalue weighted by molar-refractivity contribution is -0.150. The van der Waals surface area contributed by atoms with Gasteiger partial charge in [-0.3, -0.25) is 4.55 Å². The second-order valence-electron chi connectivity index (χ2n) is 11.5. The molecule has 0 spiro atoms. The van der Waals surface area contributed by atoms with Crippen LogP contribution >= 0.6 is 0 Å². The van der Waals surface area contributed by atoms with Crippen molar-refractivity contribution in [2.75, 3.05) is 39.6 Å². The molecule has 12 heteroatoms. The number of hydrogen-bond acceptors (Lipinski definition) is 10. The lowest BCUT2D eigenvalue weighted by Crippen LogP contribution is -2.30. The number of carbonyl (C=O) groups is 2. The zero-order chi connectivity index (χ0) is 35.3. The molecule has 3 rings (SSSR count). The molecule has 11 nitrogen and oxygen atoms in total. The Labute approximate surface area is 282 Å². The minimum atomic E-state index is -4.59. The van der Waals surface area contributed by atoms with E-state index in [0.717, 1.165) is 25.7 Å². The van der Waals surface area contributed by atoms with Crippen molar-refractivity contribution in [2.45, 2.75) is 70.5 Å². The van der Waals surface area contributed by atoms with Gasteiger partial charge >= 0.3 is 11.9 Å². The van der Waals surface area contributed by atoms with Crippen LogP contribution in [0.25, 0.3) is 21.5 Å². The van der Waals surface area contributed by atoms with Crippen molar-refractivity contribution in [3.05, 3.63) is 66.8 Å². The van der Waals surface area contributed by atoms with Gasteiger partial charge in [-0.1, -0.05) is 64.1 Å². The predicted octanol–water partition coefficient (Wildman–Crippen LogP) is 6.61. The third-order valence-corrected chi connectivity index (χ3v) is 8.01. The summed E-state index contributed by atoms with van der Waals surface area (Å²) in [5, 5.41) is 1.94.